The van der Waals surface area contributed by atoms with Gasteiger partial charge in [-0.2, -0.15) is 5.10 Å². The van der Waals surface area contributed by atoms with Crippen molar-refractivity contribution in [2.45, 2.75) is 32.2 Å². The van der Waals surface area contributed by atoms with Crippen LogP contribution in [-0.2, 0) is 6.42 Å². The second-order valence-corrected chi connectivity index (χ2v) is 8.23. The minimum absolute atomic E-state index is 0. The molecule has 176 valence electrons. The van der Waals surface area contributed by atoms with Crippen molar-refractivity contribution < 1.29 is 4.79 Å². The van der Waals surface area contributed by atoms with E-state index in [1.807, 2.05) is 28.9 Å². The molecule has 0 bridgehead atoms. The van der Waals surface area contributed by atoms with Crippen molar-refractivity contribution >= 4 is 41.0 Å². The van der Waals surface area contributed by atoms with Gasteiger partial charge in [-0.25, -0.2) is 19.6 Å². The monoisotopic (exact) mass is 478 g/mol. The zero-order valence-electron chi connectivity index (χ0n) is 18.9. The Labute approximate surface area is 203 Å². The van der Waals surface area contributed by atoms with E-state index in [2.05, 4.69) is 32.5 Å². The van der Waals surface area contributed by atoms with E-state index in [1.54, 1.807) is 18.3 Å². The topological polar surface area (TPSA) is 124 Å². The molecular formula is C24H27ClN8O. The second kappa shape index (κ2) is 10.1. The van der Waals surface area contributed by atoms with Crippen LogP contribution in [0.1, 0.15) is 41.7 Å². The minimum atomic E-state index is -0.210. The molecule has 1 fully saturated rings. The largest absolute Gasteiger partial charge is 0.383 e. The van der Waals surface area contributed by atoms with Crippen LogP contribution in [0, 0.1) is 0 Å². The van der Waals surface area contributed by atoms with Crippen LogP contribution < -0.4 is 16.4 Å². The number of fused-ring (bicyclic) bond motifs is 1. The maximum absolute atomic E-state index is 12.8. The zero-order valence-corrected chi connectivity index (χ0v) is 19.7. The summed E-state index contributed by atoms with van der Waals surface area (Å²) in [5.74, 6) is 0.736. The van der Waals surface area contributed by atoms with Gasteiger partial charge in [0, 0.05) is 23.9 Å². The third kappa shape index (κ3) is 4.57. The first kappa shape index (κ1) is 23.6. The molecule has 0 unspecified atom stereocenters. The van der Waals surface area contributed by atoms with Crippen molar-refractivity contribution in [3.8, 4) is 11.3 Å². The molecule has 9 nitrogen and oxygen atoms in total. The first-order valence-corrected chi connectivity index (χ1v) is 11.2. The molecule has 0 aliphatic carbocycles. The number of carbonyl (C=O) groups excluding carboxylic acids is 1. The second-order valence-electron chi connectivity index (χ2n) is 8.23. The average Bonchev–Trinajstić information content (AvgIpc) is 3.48. The summed E-state index contributed by atoms with van der Waals surface area (Å²) in [7, 11) is 0. The van der Waals surface area contributed by atoms with Crippen molar-refractivity contribution in [3.63, 3.8) is 0 Å². The number of nitrogens with one attached hydrogen (secondary N) is 2. The van der Waals surface area contributed by atoms with Crippen molar-refractivity contribution in [2.75, 3.05) is 24.1 Å². The number of rotatable bonds is 6. The number of nitrogens with zero attached hydrogens (tertiary/aromatic N) is 5. The molecule has 0 radical (unpaired) electrons. The van der Waals surface area contributed by atoms with E-state index >= 15 is 0 Å². The Balaban J connectivity index is 0.00000274. The van der Waals surface area contributed by atoms with E-state index in [4.69, 9.17) is 10.8 Å². The molecule has 0 spiro atoms. The van der Waals surface area contributed by atoms with Gasteiger partial charge in [-0.05, 0) is 49.2 Å². The molecule has 1 aromatic carbocycles. The Morgan fingerprint density at radius 2 is 2.03 bits per heavy atom. The number of hydrogen-bond donors (Lipinski definition) is 3. The van der Waals surface area contributed by atoms with Gasteiger partial charge in [-0.15, -0.1) is 12.4 Å². The van der Waals surface area contributed by atoms with Crippen molar-refractivity contribution in [1.29, 1.82) is 0 Å². The number of anilines is 2. The number of aromatic nitrogens is 5. The number of nitrogens with two attached hydrogens (primary N) is 1. The zero-order chi connectivity index (χ0) is 22.8. The highest BCUT2D eigenvalue weighted by Gasteiger charge is 2.24. The van der Waals surface area contributed by atoms with Crippen molar-refractivity contribution in [2.24, 2.45) is 0 Å². The normalized spacial score (nSPS) is 15.3. The molecule has 10 heteroatoms. The SMILES string of the molecule is CCCc1ccnc(NC(=O)c2ccc(-c3nn([C@@H]4CCNC4)c4ncnc(N)c34)cc2)c1.Cl. The Kier molecular flexibility index (Phi) is 7.04. The van der Waals surface area contributed by atoms with E-state index in [1.165, 1.54) is 6.33 Å². The smallest absolute Gasteiger partial charge is 0.256 e. The predicted octanol–water partition coefficient (Wildman–Crippen LogP) is 3.63. The van der Waals surface area contributed by atoms with Gasteiger partial charge in [0.2, 0.25) is 0 Å². The number of nitrogen functional groups attached to an aromatic ring is 1. The Morgan fingerprint density at radius 1 is 1.21 bits per heavy atom. The third-order valence-corrected chi connectivity index (χ3v) is 5.92. The number of hydrogen-bond acceptors (Lipinski definition) is 7. The van der Waals surface area contributed by atoms with Crippen LogP contribution in [0.4, 0.5) is 11.6 Å². The number of benzene rings is 1. The molecular weight excluding hydrogens is 452 g/mol. The summed E-state index contributed by atoms with van der Waals surface area (Å²) in [6.07, 6.45) is 6.16. The van der Waals surface area contributed by atoms with Gasteiger partial charge in [0.05, 0.1) is 11.4 Å². The van der Waals surface area contributed by atoms with Gasteiger partial charge in [0.25, 0.3) is 5.91 Å². The molecule has 5 rings (SSSR count). The molecule has 1 atom stereocenters. The summed E-state index contributed by atoms with van der Waals surface area (Å²) in [6, 6.07) is 11.4. The van der Waals surface area contributed by atoms with Gasteiger partial charge in [-0.1, -0.05) is 25.5 Å². The predicted molar refractivity (Wildman–Crippen MR) is 135 cm³/mol. The molecule has 1 saturated heterocycles. The van der Waals surface area contributed by atoms with E-state index in [0.29, 0.717) is 17.2 Å². The molecule has 0 saturated carbocycles. The Hall–Kier alpha value is -3.56. The molecule has 1 aliphatic rings. The van der Waals surface area contributed by atoms with E-state index in [0.717, 1.165) is 60.2 Å². The lowest BCUT2D eigenvalue weighted by Gasteiger charge is -2.09. The van der Waals surface area contributed by atoms with E-state index in [-0.39, 0.29) is 24.4 Å². The van der Waals surface area contributed by atoms with Crippen LogP contribution in [-0.4, -0.2) is 43.7 Å². The highest BCUT2D eigenvalue weighted by Crippen LogP contribution is 2.32. The van der Waals surface area contributed by atoms with Crippen LogP contribution >= 0.6 is 12.4 Å². The fraction of sp³-hybridized carbons (Fsp3) is 0.292. The lowest BCUT2D eigenvalue weighted by atomic mass is 10.1. The highest BCUT2D eigenvalue weighted by atomic mass is 35.5. The fourth-order valence-corrected chi connectivity index (χ4v) is 4.26. The Bertz CT molecular complexity index is 1300. The number of halogens is 1. The maximum atomic E-state index is 12.8. The molecule has 4 aromatic rings. The van der Waals surface area contributed by atoms with Gasteiger partial charge < -0.3 is 16.4 Å². The first-order valence-electron chi connectivity index (χ1n) is 11.2. The van der Waals surface area contributed by atoms with Gasteiger partial charge >= 0.3 is 0 Å². The Morgan fingerprint density at radius 3 is 2.76 bits per heavy atom. The molecule has 4 N–H and O–H groups in total. The van der Waals surface area contributed by atoms with Gasteiger partial charge in [0.15, 0.2) is 5.65 Å². The summed E-state index contributed by atoms with van der Waals surface area (Å²) < 4.78 is 1.94. The molecule has 1 aliphatic heterocycles. The lowest BCUT2D eigenvalue weighted by Crippen LogP contribution is -2.15. The maximum Gasteiger partial charge on any atom is 0.256 e. The average molecular weight is 479 g/mol. The summed E-state index contributed by atoms with van der Waals surface area (Å²) in [5.41, 5.74) is 10.2. The highest BCUT2D eigenvalue weighted by molar-refractivity contribution is 6.04. The summed E-state index contributed by atoms with van der Waals surface area (Å²) in [4.78, 5) is 25.6. The quantitative estimate of drug-likeness (QED) is 0.386. The fourth-order valence-electron chi connectivity index (χ4n) is 4.26. The van der Waals surface area contributed by atoms with Crippen LogP contribution in [0.5, 0.6) is 0 Å². The molecule has 4 heterocycles. The standard InChI is InChI=1S/C24H26N8O.ClH/c1-2-3-15-8-11-27-19(12-15)30-24(33)17-6-4-16(5-7-17)21-20-22(25)28-14-29-23(20)32(31-21)18-9-10-26-13-18;/h4-8,11-12,14,18,26H,2-3,9-10,13H2,1H3,(H2,25,28,29)(H,27,30,33);1H/t18-;/m1./s1. The molecule has 3 aromatic heterocycles. The van der Waals surface area contributed by atoms with Crippen molar-refractivity contribution in [3.05, 3.63) is 60.0 Å². The summed E-state index contributed by atoms with van der Waals surface area (Å²) in [6.45, 7) is 3.91. The van der Waals surface area contributed by atoms with E-state index < -0.39 is 0 Å². The van der Waals surface area contributed by atoms with Crippen LogP contribution in [0.15, 0.2) is 48.9 Å². The molecule has 34 heavy (non-hydrogen) atoms. The van der Waals surface area contributed by atoms with Gasteiger partial charge in [0.1, 0.15) is 23.7 Å². The van der Waals surface area contributed by atoms with Crippen LogP contribution in [0.25, 0.3) is 22.3 Å². The van der Waals surface area contributed by atoms with Crippen LogP contribution in [0.3, 0.4) is 0 Å². The number of aryl methyl sites for hydroxylation is 1. The third-order valence-electron chi connectivity index (χ3n) is 5.92. The summed E-state index contributed by atoms with van der Waals surface area (Å²) in [5, 5.41) is 11.8. The number of carbonyl (C=O) groups is 1. The number of amides is 1. The molecule has 1 amide bonds. The van der Waals surface area contributed by atoms with Crippen molar-refractivity contribution in [1.82, 2.24) is 30.0 Å². The van der Waals surface area contributed by atoms with Gasteiger partial charge in [-0.3, -0.25) is 4.79 Å². The lowest BCUT2D eigenvalue weighted by molar-refractivity contribution is 0.102. The summed E-state index contributed by atoms with van der Waals surface area (Å²) >= 11 is 0. The first-order chi connectivity index (χ1) is 16.1. The number of pyridine rings is 1. The van der Waals surface area contributed by atoms with Crippen LogP contribution in [0.2, 0.25) is 0 Å². The van der Waals surface area contributed by atoms with E-state index in [9.17, 15) is 4.79 Å². The minimum Gasteiger partial charge on any atom is -0.383 e.